The number of carbonyl (C=O) groups is 2. The van der Waals surface area contributed by atoms with Crippen molar-refractivity contribution in [2.24, 2.45) is 5.41 Å². The minimum Gasteiger partial charge on any atom is -0.504 e. The summed E-state index contributed by atoms with van der Waals surface area (Å²) >= 11 is 0. The molecule has 19 heavy (non-hydrogen) atoms. The highest BCUT2D eigenvalue weighted by atomic mass is 16.6. The second-order valence-corrected chi connectivity index (χ2v) is 4.78. The molecule has 0 aliphatic carbocycles. The van der Waals surface area contributed by atoms with Crippen LogP contribution in [0.25, 0.3) is 0 Å². The molecule has 1 rings (SSSR count). The molecular weight excluding hydrogens is 248 g/mol. The number of hydrogen-bond acceptors (Lipinski definition) is 5. The second-order valence-electron chi connectivity index (χ2n) is 4.78. The molecule has 0 radical (unpaired) electrons. The molecule has 0 atom stereocenters. The Morgan fingerprint density at radius 3 is 2.47 bits per heavy atom. The van der Waals surface area contributed by atoms with E-state index in [1.165, 1.54) is 19.2 Å². The quantitative estimate of drug-likeness (QED) is 0.503. The highest BCUT2D eigenvalue weighted by Gasteiger charge is 2.30. The largest absolute Gasteiger partial charge is 0.504 e. The van der Waals surface area contributed by atoms with Crippen molar-refractivity contribution in [2.75, 3.05) is 7.11 Å². The summed E-state index contributed by atoms with van der Waals surface area (Å²) in [6.07, 6.45) is 1.13. The van der Waals surface area contributed by atoms with E-state index in [4.69, 9.17) is 9.47 Å². The van der Waals surface area contributed by atoms with Crippen LogP contribution < -0.4 is 9.47 Å². The lowest BCUT2D eigenvalue weighted by molar-refractivity contribution is -0.144. The Balaban J connectivity index is 3.23. The van der Waals surface area contributed by atoms with Crippen molar-refractivity contribution in [3.8, 4) is 17.2 Å². The van der Waals surface area contributed by atoms with Crippen molar-refractivity contribution in [3.63, 3.8) is 0 Å². The molecular formula is C14H18O5. The molecule has 0 unspecified atom stereocenters. The van der Waals surface area contributed by atoms with Gasteiger partial charge in [-0.1, -0.05) is 6.92 Å². The molecule has 104 valence electrons. The molecule has 0 fully saturated rings. The fourth-order valence-electron chi connectivity index (χ4n) is 1.34. The lowest BCUT2D eigenvalue weighted by Gasteiger charge is -2.21. The van der Waals surface area contributed by atoms with Gasteiger partial charge in [0, 0.05) is 0 Å². The molecule has 0 bridgehead atoms. The van der Waals surface area contributed by atoms with Gasteiger partial charge in [0.2, 0.25) is 5.75 Å². The Labute approximate surface area is 112 Å². The smallest absolute Gasteiger partial charge is 0.317 e. The van der Waals surface area contributed by atoms with Crippen LogP contribution in [0, 0.1) is 5.41 Å². The number of phenols is 1. The van der Waals surface area contributed by atoms with E-state index in [0.717, 1.165) is 0 Å². The first-order valence-corrected chi connectivity index (χ1v) is 5.94. The zero-order valence-electron chi connectivity index (χ0n) is 11.5. The molecule has 5 heteroatoms. The number of aromatic hydroxyl groups is 1. The van der Waals surface area contributed by atoms with Crippen molar-refractivity contribution in [1.29, 1.82) is 0 Å². The molecule has 0 heterocycles. The highest BCUT2D eigenvalue weighted by molar-refractivity contribution is 5.86. The van der Waals surface area contributed by atoms with Gasteiger partial charge in [0.05, 0.1) is 18.1 Å². The van der Waals surface area contributed by atoms with Crippen molar-refractivity contribution >= 4 is 12.3 Å². The summed E-state index contributed by atoms with van der Waals surface area (Å²) in [5.41, 5.74) is -0.536. The summed E-state index contributed by atoms with van der Waals surface area (Å²) in [7, 11) is 1.33. The average molecular weight is 266 g/mol. The Bertz CT molecular complexity index is 491. The second kappa shape index (κ2) is 5.73. The van der Waals surface area contributed by atoms with Gasteiger partial charge in [-0.15, -0.1) is 0 Å². The Morgan fingerprint density at radius 1 is 1.37 bits per heavy atom. The van der Waals surface area contributed by atoms with E-state index in [2.05, 4.69) is 0 Å². The number of benzene rings is 1. The summed E-state index contributed by atoms with van der Waals surface area (Å²) in [6.45, 7) is 5.35. The molecule has 5 nitrogen and oxygen atoms in total. The van der Waals surface area contributed by atoms with Crippen LogP contribution in [0.4, 0.5) is 0 Å². The summed E-state index contributed by atoms with van der Waals surface area (Å²) in [6, 6.07) is 2.68. The first-order chi connectivity index (χ1) is 8.87. The van der Waals surface area contributed by atoms with Crippen molar-refractivity contribution in [1.82, 2.24) is 0 Å². The minimum atomic E-state index is -0.684. The van der Waals surface area contributed by atoms with E-state index in [9.17, 15) is 14.7 Å². The predicted molar refractivity (Wildman–Crippen MR) is 69.8 cm³/mol. The number of carbonyl (C=O) groups excluding carboxylic acids is 2. The van der Waals surface area contributed by atoms with Gasteiger partial charge in [0.1, 0.15) is 0 Å². The van der Waals surface area contributed by atoms with Crippen molar-refractivity contribution < 1.29 is 24.2 Å². The van der Waals surface area contributed by atoms with E-state index in [0.29, 0.717) is 12.7 Å². The number of methoxy groups -OCH3 is 1. The van der Waals surface area contributed by atoms with Crippen LogP contribution in [0.15, 0.2) is 12.1 Å². The summed E-state index contributed by atoms with van der Waals surface area (Å²) in [5, 5.41) is 9.65. The SMILES string of the molecule is CCC(C)(C)C(=O)Oc1c(C=O)ccc(O)c1OC. The van der Waals surface area contributed by atoms with Crippen LogP contribution in [0.3, 0.4) is 0 Å². The third-order valence-corrected chi connectivity index (χ3v) is 3.08. The van der Waals surface area contributed by atoms with Crippen LogP contribution in [0.5, 0.6) is 17.2 Å². The van der Waals surface area contributed by atoms with Crippen LogP contribution in [0.2, 0.25) is 0 Å². The first-order valence-electron chi connectivity index (χ1n) is 5.94. The summed E-state index contributed by atoms with van der Waals surface area (Å²) < 4.78 is 10.2. The van der Waals surface area contributed by atoms with Gasteiger partial charge < -0.3 is 14.6 Å². The Kier molecular flexibility index (Phi) is 4.53. The zero-order chi connectivity index (χ0) is 14.6. The van der Waals surface area contributed by atoms with Gasteiger partial charge in [-0.25, -0.2) is 0 Å². The van der Waals surface area contributed by atoms with Crippen LogP contribution >= 0.6 is 0 Å². The molecule has 0 amide bonds. The topological polar surface area (TPSA) is 72.8 Å². The van der Waals surface area contributed by atoms with E-state index in [1.807, 2.05) is 6.92 Å². The summed E-state index contributed by atoms with van der Waals surface area (Å²) in [4.78, 5) is 23.0. The maximum atomic E-state index is 12.0. The normalized spacial score (nSPS) is 10.9. The Hall–Kier alpha value is -2.04. The first kappa shape index (κ1) is 15.0. The van der Waals surface area contributed by atoms with E-state index < -0.39 is 11.4 Å². The fraction of sp³-hybridized carbons (Fsp3) is 0.429. The number of rotatable bonds is 5. The van der Waals surface area contributed by atoms with E-state index in [-0.39, 0.29) is 22.8 Å². The van der Waals surface area contributed by atoms with Gasteiger partial charge in [-0.2, -0.15) is 0 Å². The average Bonchev–Trinajstić information content (AvgIpc) is 2.39. The molecule has 1 N–H and O–H groups in total. The number of aldehydes is 1. The van der Waals surface area contributed by atoms with Gasteiger partial charge >= 0.3 is 5.97 Å². The maximum absolute atomic E-state index is 12.0. The molecule has 0 aliphatic heterocycles. The lowest BCUT2D eigenvalue weighted by atomic mass is 9.90. The van der Waals surface area contributed by atoms with Gasteiger partial charge in [0.15, 0.2) is 17.8 Å². The minimum absolute atomic E-state index is 0.0233. The third kappa shape index (κ3) is 3.05. The van der Waals surface area contributed by atoms with Crippen molar-refractivity contribution in [3.05, 3.63) is 17.7 Å². The van der Waals surface area contributed by atoms with E-state index >= 15 is 0 Å². The molecule has 0 aliphatic rings. The van der Waals surface area contributed by atoms with Crippen LogP contribution in [-0.2, 0) is 4.79 Å². The molecule has 1 aromatic carbocycles. The van der Waals surface area contributed by atoms with Crippen molar-refractivity contribution in [2.45, 2.75) is 27.2 Å². The summed E-state index contributed by atoms with van der Waals surface area (Å²) in [5.74, 6) is -0.749. The number of ether oxygens (including phenoxy) is 2. The molecule has 1 aromatic rings. The number of phenolic OH excluding ortho intramolecular Hbond substituents is 1. The molecule has 0 aromatic heterocycles. The number of esters is 1. The maximum Gasteiger partial charge on any atom is 0.317 e. The molecule has 0 saturated carbocycles. The van der Waals surface area contributed by atoms with Gasteiger partial charge in [-0.3, -0.25) is 9.59 Å². The van der Waals surface area contributed by atoms with Crippen LogP contribution in [-0.4, -0.2) is 24.5 Å². The standard InChI is InChI=1S/C14H18O5/c1-5-14(2,3)13(17)19-11-9(8-15)6-7-10(16)12(11)18-4/h6-8,16H,5H2,1-4H3. The van der Waals surface area contributed by atoms with Gasteiger partial charge in [-0.05, 0) is 32.4 Å². The molecule has 0 spiro atoms. The predicted octanol–water partition coefficient (Wildman–Crippen LogP) is 2.55. The molecule has 0 saturated heterocycles. The third-order valence-electron chi connectivity index (χ3n) is 3.08. The number of hydrogen-bond donors (Lipinski definition) is 1. The highest BCUT2D eigenvalue weighted by Crippen LogP contribution is 2.39. The zero-order valence-corrected chi connectivity index (χ0v) is 11.5. The van der Waals surface area contributed by atoms with Crippen LogP contribution in [0.1, 0.15) is 37.6 Å². The monoisotopic (exact) mass is 266 g/mol. The fourth-order valence-corrected chi connectivity index (χ4v) is 1.34. The Morgan fingerprint density at radius 2 is 2.00 bits per heavy atom. The van der Waals surface area contributed by atoms with Gasteiger partial charge in [0.25, 0.3) is 0 Å². The van der Waals surface area contributed by atoms with E-state index in [1.54, 1.807) is 13.8 Å². The lowest BCUT2D eigenvalue weighted by Crippen LogP contribution is -2.28.